The van der Waals surface area contributed by atoms with Crippen molar-refractivity contribution in [2.24, 2.45) is 0 Å². The third-order valence-electron chi connectivity index (χ3n) is 1.73. The molecule has 12 heavy (non-hydrogen) atoms. The van der Waals surface area contributed by atoms with Gasteiger partial charge in [0.1, 0.15) is 6.61 Å². The lowest BCUT2D eigenvalue weighted by Gasteiger charge is -2.11. The molecule has 68 valence electrons. The molecule has 0 saturated heterocycles. The van der Waals surface area contributed by atoms with Crippen LogP contribution >= 0.6 is 0 Å². The highest BCUT2D eigenvalue weighted by atomic mass is 16.6. The maximum absolute atomic E-state index is 11.0. The van der Waals surface area contributed by atoms with E-state index in [0.717, 1.165) is 0 Å². The van der Waals surface area contributed by atoms with Gasteiger partial charge in [-0.15, -0.1) is 0 Å². The predicted molar refractivity (Wildman–Crippen MR) is 37.6 cm³/mol. The number of ether oxygens (including phenoxy) is 2. The highest BCUT2D eigenvalue weighted by Gasteiger charge is 2.53. The van der Waals surface area contributed by atoms with Crippen molar-refractivity contribution in [1.29, 1.82) is 0 Å². The summed E-state index contributed by atoms with van der Waals surface area (Å²) in [5.41, 5.74) is -0.951. The summed E-state index contributed by atoms with van der Waals surface area (Å²) in [7, 11) is 1.26. The topological polar surface area (TPSA) is 72.8 Å². The summed E-state index contributed by atoms with van der Waals surface area (Å²) in [5.74, 6) is -1.56. The van der Waals surface area contributed by atoms with Crippen molar-refractivity contribution < 1.29 is 24.2 Å². The number of carboxylic acids is 1. The fourth-order valence-corrected chi connectivity index (χ4v) is 0.907. The molecule has 0 radical (unpaired) electrons. The zero-order chi connectivity index (χ0) is 9.19. The van der Waals surface area contributed by atoms with Gasteiger partial charge in [-0.2, -0.15) is 0 Å². The van der Waals surface area contributed by atoms with Gasteiger partial charge in [-0.25, -0.2) is 9.59 Å². The molecule has 0 aliphatic heterocycles. The molecule has 0 atom stereocenters. The van der Waals surface area contributed by atoms with Crippen LogP contribution < -0.4 is 0 Å². The summed E-state index contributed by atoms with van der Waals surface area (Å²) in [6.45, 7) is -0.449. The Balaban J connectivity index is 2.39. The van der Waals surface area contributed by atoms with Gasteiger partial charge in [-0.1, -0.05) is 0 Å². The molecule has 0 aromatic rings. The molecule has 1 N–H and O–H groups in total. The van der Waals surface area contributed by atoms with Crippen molar-refractivity contribution in [1.82, 2.24) is 0 Å². The number of methoxy groups -OCH3 is 1. The molecule has 0 amide bonds. The van der Waals surface area contributed by atoms with Gasteiger partial charge in [0.15, 0.2) is 5.60 Å². The van der Waals surface area contributed by atoms with E-state index in [1.807, 2.05) is 0 Å². The first-order chi connectivity index (χ1) is 5.60. The molecule has 0 spiro atoms. The fourth-order valence-electron chi connectivity index (χ4n) is 0.907. The Morgan fingerprint density at radius 1 is 1.50 bits per heavy atom. The van der Waals surface area contributed by atoms with Crippen molar-refractivity contribution >= 4 is 11.9 Å². The second-order valence-corrected chi connectivity index (χ2v) is 2.67. The molecule has 0 unspecified atom stereocenters. The minimum atomic E-state index is -1.08. The molecule has 5 heteroatoms. The van der Waals surface area contributed by atoms with Crippen LogP contribution in [-0.4, -0.2) is 36.4 Å². The van der Waals surface area contributed by atoms with Crippen LogP contribution in [-0.2, 0) is 19.1 Å². The van der Waals surface area contributed by atoms with E-state index in [-0.39, 0.29) is 0 Å². The van der Waals surface area contributed by atoms with Crippen molar-refractivity contribution in [3.63, 3.8) is 0 Å². The minimum absolute atomic E-state index is 0.449. The Labute approximate surface area is 69.3 Å². The third kappa shape index (κ3) is 1.73. The van der Waals surface area contributed by atoms with Crippen molar-refractivity contribution in [3.8, 4) is 0 Å². The smallest absolute Gasteiger partial charge is 0.338 e. The Hall–Kier alpha value is -1.10. The summed E-state index contributed by atoms with van der Waals surface area (Å²) in [5, 5.41) is 8.28. The Morgan fingerprint density at radius 3 is 2.42 bits per heavy atom. The molecule has 1 rings (SSSR count). The first-order valence-corrected chi connectivity index (χ1v) is 3.55. The Kier molecular flexibility index (Phi) is 2.32. The van der Waals surface area contributed by atoms with Gasteiger partial charge in [0, 0.05) is 0 Å². The van der Waals surface area contributed by atoms with E-state index in [4.69, 9.17) is 9.84 Å². The number of hydrogen-bond acceptors (Lipinski definition) is 4. The van der Waals surface area contributed by atoms with Crippen LogP contribution in [0.3, 0.4) is 0 Å². The van der Waals surface area contributed by atoms with Gasteiger partial charge in [-0.05, 0) is 12.8 Å². The quantitative estimate of drug-likeness (QED) is 0.597. The monoisotopic (exact) mass is 174 g/mol. The molecular weight excluding hydrogens is 164 g/mol. The fraction of sp³-hybridized carbons (Fsp3) is 0.714. The van der Waals surface area contributed by atoms with E-state index in [9.17, 15) is 9.59 Å². The molecule has 1 saturated carbocycles. The van der Waals surface area contributed by atoms with Crippen LogP contribution in [0.5, 0.6) is 0 Å². The molecule has 1 aliphatic carbocycles. The second kappa shape index (κ2) is 3.10. The number of rotatable bonds is 4. The van der Waals surface area contributed by atoms with E-state index in [1.165, 1.54) is 7.11 Å². The van der Waals surface area contributed by atoms with Crippen molar-refractivity contribution in [2.75, 3.05) is 13.7 Å². The zero-order valence-electron chi connectivity index (χ0n) is 6.70. The van der Waals surface area contributed by atoms with E-state index in [2.05, 4.69) is 4.74 Å². The number of hydrogen-bond donors (Lipinski definition) is 1. The zero-order valence-corrected chi connectivity index (χ0v) is 6.70. The van der Waals surface area contributed by atoms with E-state index < -0.39 is 24.1 Å². The van der Waals surface area contributed by atoms with Crippen LogP contribution in [0, 0.1) is 0 Å². The summed E-state index contributed by atoms with van der Waals surface area (Å²) >= 11 is 0. The molecule has 0 aromatic heterocycles. The van der Waals surface area contributed by atoms with Gasteiger partial charge < -0.3 is 14.6 Å². The average Bonchev–Trinajstić information content (AvgIpc) is 2.80. The summed E-state index contributed by atoms with van der Waals surface area (Å²) < 4.78 is 9.33. The lowest BCUT2D eigenvalue weighted by atomic mass is 10.3. The molecule has 5 nitrogen and oxygen atoms in total. The summed E-state index contributed by atoms with van der Waals surface area (Å²) in [6, 6.07) is 0. The molecule has 1 fully saturated rings. The molecular formula is C7H10O5. The van der Waals surface area contributed by atoms with Crippen molar-refractivity contribution in [3.05, 3.63) is 0 Å². The number of carbonyl (C=O) groups excluding carboxylic acids is 1. The second-order valence-electron chi connectivity index (χ2n) is 2.67. The average molecular weight is 174 g/mol. The first-order valence-electron chi connectivity index (χ1n) is 3.55. The SMILES string of the molecule is COC(=O)C1(OCC(=O)O)CC1. The number of esters is 1. The van der Waals surface area contributed by atoms with Crippen molar-refractivity contribution in [2.45, 2.75) is 18.4 Å². The number of carbonyl (C=O) groups is 2. The van der Waals surface area contributed by atoms with E-state index in [0.29, 0.717) is 12.8 Å². The number of aliphatic carboxylic acids is 1. The Bertz CT molecular complexity index is 206. The maximum atomic E-state index is 11.0. The summed E-state index contributed by atoms with van der Waals surface area (Å²) in [6.07, 6.45) is 1.10. The van der Waals surface area contributed by atoms with Crippen LogP contribution in [0.15, 0.2) is 0 Å². The minimum Gasteiger partial charge on any atom is -0.480 e. The summed E-state index contributed by atoms with van der Waals surface area (Å²) in [4.78, 5) is 21.1. The lowest BCUT2D eigenvalue weighted by molar-refractivity contribution is -0.162. The van der Waals surface area contributed by atoms with E-state index >= 15 is 0 Å². The van der Waals surface area contributed by atoms with Gasteiger partial charge in [0.05, 0.1) is 7.11 Å². The van der Waals surface area contributed by atoms with Crippen LogP contribution in [0.25, 0.3) is 0 Å². The molecule has 0 aromatic carbocycles. The third-order valence-corrected chi connectivity index (χ3v) is 1.73. The molecule has 0 bridgehead atoms. The lowest BCUT2D eigenvalue weighted by Crippen LogP contribution is -2.29. The predicted octanol–water partition coefficient (Wildman–Crippen LogP) is -0.207. The molecule has 0 heterocycles. The van der Waals surface area contributed by atoms with Gasteiger partial charge in [-0.3, -0.25) is 0 Å². The largest absolute Gasteiger partial charge is 0.480 e. The normalized spacial score (nSPS) is 18.4. The maximum Gasteiger partial charge on any atom is 0.338 e. The first kappa shape index (κ1) is 8.99. The standard InChI is InChI=1S/C7H10O5/c1-11-6(10)7(2-3-7)12-4-5(8)9/h2-4H2,1H3,(H,8,9). The van der Waals surface area contributed by atoms with Gasteiger partial charge >= 0.3 is 11.9 Å². The van der Waals surface area contributed by atoms with Gasteiger partial charge in [0.2, 0.25) is 0 Å². The van der Waals surface area contributed by atoms with Crippen LogP contribution in [0.2, 0.25) is 0 Å². The van der Waals surface area contributed by atoms with Crippen LogP contribution in [0.4, 0.5) is 0 Å². The molecule has 1 aliphatic rings. The highest BCUT2D eigenvalue weighted by Crippen LogP contribution is 2.40. The Morgan fingerprint density at radius 2 is 2.08 bits per heavy atom. The van der Waals surface area contributed by atoms with Crippen LogP contribution in [0.1, 0.15) is 12.8 Å². The highest BCUT2D eigenvalue weighted by molar-refractivity contribution is 5.83. The van der Waals surface area contributed by atoms with Gasteiger partial charge in [0.25, 0.3) is 0 Å². The number of carboxylic acid groups (broad SMARTS) is 1. The van der Waals surface area contributed by atoms with E-state index in [1.54, 1.807) is 0 Å².